The normalized spacial score (nSPS) is 21.1. The molecule has 2 aliphatic carbocycles. The van der Waals surface area contributed by atoms with Crippen LogP contribution in [0.3, 0.4) is 0 Å². The lowest BCUT2D eigenvalue weighted by Gasteiger charge is -2.26. The predicted octanol–water partition coefficient (Wildman–Crippen LogP) is 4.69. The maximum absolute atomic E-state index is 5.11. The van der Waals surface area contributed by atoms with Crippen LogP contribution in [0.5, 0.6) is 0 Å². The highest BCUT2D eigenvalue weighted by molar-refractivity contribution is 8.13. The van der Waals surface area contributed by atoms with Gasteiger partial charge in [0.25, 0.3) is 0 Å². The highest BCUT2D eigenvalue weighted by atomic mass is 32.2. The lowest BCUT2D eigenvalue weighted by molar-refractivity contribution is 0.411. The number of H-pyrrole nitrogens is 1. The first kappa shape index (κ1) is 17.8. The molecule has 5 heteroatoms. The highest BCUT2D eigenvalue weighted by Gasteiger charge is 2.17. The van der Waals surface area contributed by atoms with Gasteiger partial charge in [-0.3, -0.25) is 4.99 Å². The van der Waals surface area contributed by atoms with Gasteiger partial charge in [-0.15, -0.1) is 0 Å². The average molecular weight is 349 g/mol. The van der Waals surface area contributed by atoms with E-state index < -0.39 is 0 Å². The quantitative estimate of drug-likeness (QED) is 0.445. The SMILES string of the molecule is c1ncc(CCCSC(=NC2CCCCC2)NC2CCCCC2)[nH]1. The second kappa shape index (κ2) is 10.1. The molecule has 0 bridgehead atoms. The zero-order valence-electron chi connectivity index (χ0n) is 14.8. The van der Waals surface area contributed by atoms with Crippen LogP contribution in [0.4, 0.5) is 0 Å². The largest absolute Gasteiger partial charge is 0.362 e. The van der Waals surface area contributed by atoms with Crippen LogP contribution in [-0.2, 0) is 6.42 Å². The summed E-state index contributed by atoms with van der Waals surface area (Å²) in [6.07, 6.45) is 19.4. The minimum atomic E-state index is 0.560. The highest BCUT2D eigenvalue weighted by Crippen LogP contribution is 2.23. The number of amidine groups is 1. The van der Waals surface area contributed by atoms with E-state index in [0.717, 1.165) is 12.2 Å². The number of nitrogens with one attached hydrogen (secondary N) is 2. The Morgan fingerprint density at radius 1 is 1.12 bits per heavy atom. The number of aromatic nitrogens is 2. The van der Waals surface area contributed by atoms with Crippen molar-refractivity contribution in [2.24, 2.45) is 4.99 Å². The number of hydrogen-bond acceptors (Lipinski definition) is 3. The molecule has 2 fully saturated rings. The molecule has 2 N–H and O–H groups in total. The Labute approximate surface area is 150 Å². The predicted molar refractivity (Wildman–Crippen MR) is 104 cm³/mol. The number of aliphatic imine (C=N–C) groups is 1. The molecule has 1 aromatic rings. The van der Waals surface area contributed by atoms with Crippen molar-refractivity contribution in [2.45, 2.75) is 89.1 Å². The van der Waals surface area contributed by atoms with E-state index in [-0.39, 0.29) is 0 Å². The molecule has 1 heterocycles. The molecule has 0 aliphatic heterocycles. The van der Waals surface area contributed by atoms with Crippen molar-refractivity contribution < 1.29 is 0 Å². The summed E-state index contributed by atoms with van der Waals surface area (Å²) in [6, 6.07) is 1.21. The molecule has 1 aromatic heterocycles. The third-order valence-corrected chi connectivity index (χ3v) is 6.18. The van der Waals surface area contributed by atoms with E-state index in [9.17, 15) is 0 Å². The van der Waals surface area contributed by atoms with Gasteiger partial charge in [0.2, 0.25) is 0 Å². The second-order valence-electron chi connectivity index (χ2n) is 7.23. The number of hydrogen-bond donors (Lipinski definition) is 2. The molecule has 0 amide bonds. The van der Waals surface area contributed by atoms with Crippen molar-refractivity contribution in [3.63, 3.8) is 0 Å². The van der Waals surface area contributed by atoms with Crippen LogP contribution in [0.25, 0.3) is 0 Å². The van der Waals surface area contributed by atoms with Gasteiger partial charge in [-0.2, -0.15) is 0 Å². The van der Waals surface area contributed by atoms with Gasteiger partial charge < -0.3 is 10.3 Å². The fraction of sp³-hybridized carbons (Fsp3) is 0.789. The van der Waals surface area contributed by atoms with Gasteiger partial charge in [-0.05, 0) is 38.5 Å². The molecule has 0 radical (unpaired) electrons. The summed E-state index contributed by atoms with van der Waals surface area (Å²) in [5.41, 5.74) is 1.24. The van der Waals surface area contributed by atoms with Gasteiger partial charge in [0.1, 0.15) is 0 Å². The van der Waals surface area contributed by atoms with Crippen molar-refractivity contribution >= 4 is 16.9 Å². The molecular formula is C19H32N4S. The first-order valence-corrected chi connectivity index (χ1v) is 10.8. The first-order chi connectivity index (χ1) is 11.9. The molecule has 0 saturated heterocycles. The Hall–Kier alpha value is -0.970. The number of aromatic amines is 1. The van der Waals surface area contributed by atoms with Gasteiger partial charge in [0.15, 0.2) is 5.17 Å². The first-order valence-electron chi connectivity index (χ1n) is 9.84. The molecule has 0 atom stereocenters. The topological polar surface area (TPSA) is 53.1 Å². The van der Waals surface area contributed by atoms with E-state index in [1.807, 2.05) is 18.0 Å². The Bertz CT molecular complexity index is 474. The number of imidazole rings is 1. The summed E-state index contributed by atoms with van der Waals surface area (Å²) in [5.74, 6) is 1.13. The lowest BCUT2D eigenvalue weighted by Crippen LogP contribution is -2.35. The van der Waals surface area contributed by atoms with Gasteiger partial charge >= 0.3 is 0 Å². The van der Waals surface area contributed by atoms with E-state index >= 15 is 0 Å². The smallest absolute Gasteiger partial charge is 0.157 e. The molecule has 0 unspecified atom stereocenters. The van der Waals surface area contributed by atoms with Crippen LogP contribution in [0, 0.1) is 0 Å². The number of aryl methyl sites for hydroxylation is 1. The molecule has 0 aromatic carbocycles. The lowest BCUT2D eigenvalue weighted by atomic mass is 9.95. The van der Waals surface area contributed by atoms with Crippen molar-refractivity contribution in [1.82, 2.24) is 15.3 Å². The molecule has 134 valence electrons. The van der Waals surface area contributed by atoms with Crippen molar-refractivity contribution in [1.29, 1.82) is 0 Å². The van der Waals surface area contributed by atoms with Crippen LogP contribution in [0.2, 0.25) is 0 Å². The van der Waals surface area contributed by atoms with Gasteiger partial charge in [-0.25, -0.2) is 4.98 Å². The molecular weight excluding hydrogens is 316 g/mol. The van der Waals surface area contributed by atoms with Crippen molar-refractivity contribution in [2.75, 3.05) is 5.75 Å². The Kier molecular flexibility index (Phi) is 7.52. The van der Waals surface area contributed by atoms with Crippen LogP contribution >= 0.6 is 11.8 Å². The molecule has 3 rings (SSSR count). The van der Waals surface area contributed by atoms with Crippen LogP contribution in [0.15, 0.2) is 17.5 Å². The van der Waals surface area contributed by atoms with Gasteiger partial charge in [0.05, 0.1) is 12.4 Å². The third kappa shape index (κ3) is 6.15. The molecule has 0 spiro atoms. The Morgan fingerprint density at radius 3 is 2.58 bits per heavy atom. The van der Waals surface area contributed by atoms with Gasteiger partial charge in [0, 0.05) is 23.7 Å². The van der Waals surface area contributed by atoms with E-state index in [1.165, 1.54) is 81.5 Å². The molecule has 4 nitrogen and oxygen atoms in total. The minimum Gasteiger partial charge on any atom is -0.362 e. The number of nitrogens with zero attached hydrogens (tertiary/aromatic N) is 2. The zero-order chi connectivity index (χ0) is 16.5. The number of rotatable bonds is 6. The van der Waals surface area contributed by atoms with Crippen molar-refractivity contribution in [3.8, 4) is 0 Å². The summed E-state index contributed by atoms with van der Waals surface area (Å²) in [5, 5.41) is 5.01. The summed E-state index contributed by atoms with van der Waals surface area (Å²) in [6.45, 7) is 0. The van der Waals surface area contributed by atoms with E-state index in [2.05, 4.69) is 15.3 Å². The summed E-state index contributed by atoms with van der Waals surface area (Å²) in [4.78, 5) is 12.4. The summed E-state index contributed by atoms with van der Waals surface area (Å²) in [7, 11) is 0. The van der Waals surface area contributed by atoms with Crippen LogP contribution in [-0.4, -0.2) is 33.0 Å². The third-order valence-electron chi connectivity index (χ3n) is 5.19. The van der Waals surface area contributed by atoms with Crippen LogP contribution < -0.4 is 5.32 Å². The summed E-state index contributed by atoms with van der Waals surface area (Å²) < 4.78 is 0. The molecule has 24 heavy (non-hydrogen) atoms. The summed E-state index contributed by atoms with van der Waals surface area (Å²) >= 11 is 1.94. The fourth-order valence-corrected chi connectivity index (χ4v) is 4.72. The van der Waals surface area contributed by atoms with E-state index in [1.54, 1.807) is 6.33 Å². The average Bonchev–Trinajstić information content (AvgIpc) is 3.14. The Balaban J connectivity index is 1.48. The maximum atomic E-state index is 5.11. The van der Waals surface area contributed by atoms with Crippen molar-refractivity contribution in [3.05, 3.63) is 18.2 Å². The molecule has 2 aliphatic rings. The second-order valence-corrected chi connectivity index (χ2v) is 8.32. The standard InChI is InChI=1S/C19H32N4S/c1-3-8-16(9-4-1)22-19(23-17-10-5-2-6-11-17)24-13-7-12-18-14-20-15-21-18/h14-17H,1-13H2,(H,20,21)(H,22,23). The van der Waals surface area contributed by atoms with Crippen LogP contribution in [0.1, 0.15) is 76.3 Å². The zero-order valence-corrected chi connectivity index (χ0v) is 15.6. The monoisotopic (exact) mass is 348 g/mol. The van der Waals surface area contributed by atoms with E-state index in [0.29, 0.717) is 12.1 Å². The van der Waals surface area contributed by atoms with E-state index in [4.69, 9.17) is 4.99 Å². The molecule has 2 saturated carbocycles. The maximum Gasteiger partial charge on any atom is 0.157 e. The number of thioether (sulfide) groups is 1. The minimum absolute atomic E-state index is 0.560. The fourth-order valence-electron chi connectivity index (χ4n) is 3.77. The Morgan fingerprint density at radius 2 is 1.88 bits per heavy atom. The van der Waals surface area contributed by atoms with Gasteiger partial charge in [-0.1, -0.05) is 50.3 Å².